The number of carbonyl (C=O) groups excluding carboxylic acids is 1. The molecule has 6 nitrogen and oxygen atoms in total. The number of hydrogen-bond donors (Lipinski definition) is 0. The van der Waals surface area contributed by atoms with Crippen LogP contribution in [0.1, 0.15) is 6.42 Å². The molecule has 0 aromatic heterocycles. The maximum atomic E-state index is 13.4. The first-order valence-electron chi connectivity index (χ1n) is 9.84. The number of ether oxygens (including phenoxy) is 5. The molecule has 0 N–H and O–H groups in total. The highest BCUT2D eigenvalue weighted by Gasteiger charge is 2.39. The predicted octanol–water partition coefficient (Wildman–Crippen LogP) is 3.62. The van der Waals surface area contributed by atoms with Crippen molar-refractivity contribution >= 4 is 5.78 Å². The van der Waals surface area contributed by atoms with E-state index in [0.29, 0.717) is 13.0 Å². The number of carbonyl (C=O) groups is 1. The minimum Gasteiger partial charge on any atom is -0.375 e. The lowest BCUT2D eigenvalue weighted by Gasteiger charge is -2.33. The van der Waals surface area contributed by atoms with E-state index >= 15 is 0 Å². The first-order valence-corrected chi connectivity index (χ1v) is 9.84. The van der Waals surface area contributed by atoms with Gasteiger partial charge in [0.25, 0.3) is 0 Å². The van der Waals surface area contributed by atoms with Crippen LogP contribution in [-0.2, 0) is 28.5 Å². The largest absolute Gasteiger partial charge is 0.375 e. The van der Waals surface area contributed by atoms with Crippen LogP contribution >= 0.6 is 0 Å². The van der Waals surface area contributed by atoms with Gasteiger partial charge >= 0.3 is 0 Å². The summed E-state index contributed by atoms with van der Waals surface area (Å²) in [7, 11) is 0. The van der Waals surface area contributed by atoms with E-state index in [2.05, 4.69) is 39.5 Å². The van der Waals surface area contributed by atoms with Gasteiger partial charge in [-0.3, -0.25) is 4.79 Å². The molecule has 4 atom stereocenters. The molecule has 0 spiro atoms. The van der Waals surface area contributed by atoms with Crippen molar-refractivity contribution in [3.63, 3.8) is 0 Å². The standard InChI is InChI=1S/C24H36O6/c1-7-13-20(27-15-9-3)22(25)24(30-18-12-6)23(29-17-11-5)21(28-16-10-4)19-26-14-8-2/h7-12,20-21,23-24H,1-6,13-19H2/t20?,21-,23+,24+/m1/s1. The lowest BCUT2D eigenvalue weighted by atomic mass is 9.98. The molecule has 0 saturated heterocycles. The molecule has 0 aromatic carbocycles. The highest BCUT2D eigenvalue weighted by Crippen LogP contribution is 2.19. The molecule has 0 aliphatic heterocycles. The van der Waals surface area contributed by atoms with Crippen LogP contribution in [0.4, 0.5) is 0 Å². The van der Waals surface area contributed by atoms with Crippen LogP contribution < -0.4 is 0 Å². The Bertz CT molecular complexity index is 542. The SMILES string of the molecule is C=CCOC[C@@H](OCC=C)[C@H](OCC=C)[C@@H](OCC=C)C(=O)C(CC=C)OCC=C. The molecule has 0 fully saturated rings. The van der Waals surface area contributed by atoms with Crippen LogP contribution in [-0.4, -0.2) is 69.8 Å². The van der Waals surface area contributed by atoms with Gasteiger partial charge in [-0.05, 0) is 6.42 Å². The van der Waals surface area contributed by atoms with E-state index in [0.717, 1.165) is 0 Å². The molecule has 0 rings (SSSR count). The van der Waals surface area contributed by atoms with E-state index in [-0.39, 0.29) is 38.8 Å². The smallest absolute Gasteiger partial charge is 0.193 e. The number of Topliss-reactive ketones (excluding diaryl/α,β-unsaturated/α-hetero) is 1. The Morgan fingerprint density at radius 1 is 0.667 bits per heavy atom. The molecule has 0 saturated carbocycles. The van der Waals surface area contributed by atoms with E-state index in [1.807, 2.05) is 0 Å². The van der Waals surface area contributed by atoms with Crippen molar-refractivity contribution in [3.8, 4) is 0 Å². The zero-order valence-electron chi connectivity index (χ0n) is 17.9. The van der Waals surface area contributed by atoms with Gasteiger partial charge in [0.1, 0.15) is 24.4 Å². The van der Waals surface area contributed by atoms with E-state index in [9.17, 15) is 4.79 Å². The van der Waals surface area contributed by atoms with Crippen LogP contribution in [0.3, 0.4) is 0 Å². The van der Waals surface area contributed by atoms with Crippen LogP contribution in [0.5, 0.6) is 0 Å². The quantitative estimate of drug-likeness (QED) is 0.197. The Balaban J connectivity index is 5.87. The average molecular weight is 421 g/mol. The molecule has 0 radical (unpaired) electrons. The third-order valence-corrected chi connectivity index (χ3v) is 3.80. The Labute approximate surface area is 181 Å². The van der Waals surface area contributed by atoms with Gasteiger partial charge in [0.05, 0.1) is 39.6 Å². The summed E-state index contributed by atoms with van der Waals surface area (Å²) in [4.78, 5) is 13.4. The second-order valence-corrected chi connectivity index (χ2v) is 6.15. The summed E-state index contributed by atoms with van der Waals surface area (Å²) >= 11 is 0. The molecule has 30 heavy (non-hydrogen) atoms. The van der Waals surface area contributed by atoms with E-state index < -0.39 is 24.4 Å². The van der Waals surface area contributed by atoms with Crippen molar-refractivity contribution in [1.82, 2.24) is 0 Å². The van der Waals surface area contributed by atoms with Crippen molar-refractivity contribution in [1.29, 1.82) is 0 Å². The van der Waals surface area contributed by atoms with E-state index in [4.69, 9.17) is 23.7 Å². The Kier molecular flexibility index (Phi) is 17.6. The van der Waals surface area contributed by atoms with Crippen molar-refractivity contribution in [2.75, 3.05) is 39.6 Å². The van der Waals surface area contributed by atoms with Crippen molar-refractivity contribution in [3.05, 3.63) is 75.9 Å². The number of hydrogen-bond acceptors (Lipinski definition) is 6. The first-order chi connectivity index (χ1) is 14.6. The summed E-state index contributed by atoms with van der Waals surface area (Å²) in [6.45, 7) is 23.3. The molecule has 0 heterocycles. The molecule has 0 bridgehead atoms. The maximum absolute atomic E-state index is 13.4. The lowest BCUT2D eigenvalue weighted by Crippen LogP contribution is -2.52. The molecular weight excluding hydrogens is 384 g/mol. The second-order valence-electron chi connectivity index (χ2n) is 6.15. The van der Waals surface area contributed by atoms with Gasteiger partial charge in [-0.25, -0.2) is 0 Å². The number of ketones is 1. The third-order valence-electron chi connectivity index (χ3n) is 3.80. The second kappa shape index (κ2) is 18.9. The van der Waals surface area contributed by atoms with Crippen LogP contribution in [0, 0.1) is 0 Å². The van der Waals surface area contributed by atoms with Gasteiger partial charge in [-0.15, -0.1) is 39.5 Å². The van der Waals surface area contributed by atoms with Crippen LogP contribution in [0.2, 0.25) is 0 Å². The zero-order chi connectivity index (χ0) is 22.6. The summed E-state index contributed by atoms with van der Waals surface area (Å²) in [5.41, 5.74) is 0. The van der Waals surface area contributed by atoms with E-state index in [1.54, 1.807) is 36.5 Å². The average Bonchev–Trinajstić information content (AvgIpc) is 2.75. The molecule has 6 heteroatoms. The maximum Gasteiger partial charge on any atom is 0.193 e. The first kappa shape index (κ1) is 27.9. The molecule has 0 aliphatic rings. The molecule has 0 aromatic rings. The lowest BCUT2D eigenvalue weighted by molar-refractivity contribution is -0.169. The predicted molar refractivity (Wildman–Crippen MR) is 121 cm³/mol. The minimum atomic E-state index is -0.986. The van der Waals surface area contributed by atoms with E-state index in [1.165, 1.54) is 0 Å². The molecule has 168 valence electrons. The summed E-state index contributed by atoms with van der Waals surface area (Å²) in [5, 5.41) is 0. The molecular formula is C24H36O6. The zero-order valence-corrected chi connectivity index (χ0v) is 17.9. The third kappa shape index (κ3) is 11.2. The Morgan fingerprint density at radius 3 is 1.77 bits per heavy atom. The Morgan fingerprint density at radius 2 is 1.20 bits per heavy atom. The highest BCUT2D eigenvalue weighted by atomic mass is 16.6. The van der Waals surface area contributed by atoms with Gasteiger partial charge in [0.15, 0.2) is 5.78 Å². The molecule has 0 amide bonds. The monoisotopic (exact) mass is 420 g/mol. The van der Waals surface area contributed by atoms with Gasteiger partial charge in [0.2, 0.25) is 0 Å². The minimum absolute atomic E-state index is 0.147. The van der Waals surface area contributed by atoms with Crippen LogP contribution in [0.25, 0.3) is 0 Å². The summed E-state index contributed by atoms with van der Waals surface area (Å²) in [6.07, 6.45) is 6.77. The van der Waals surface area contributed by atoms with Gasteiger partial charge in [-0.1, -0.05) is 36.5 Å². The summed E-state index contributed by atoms with van der Waals surface area (Å²) in [6, 6.07) is 0. The van der Waals surface area contributed by atoms with Crippen molar-refractivity contribution in [2.45, 2.75) is 30.8 Å². The van der Waals surface area contributed by atoms with Crippen LogP contribution in [0.15, 0.2) is 75.9 Å². The van der Waals surface area contributed by atoms with Gasteiger partial charge in [0, 0.05) is 0 Å². The fraction of sp³-hybridized carbons (Fsp3) is 0.458. The van der Waals surface area contributed by atoms with Gasteiger partial charge in [-0.2, -0.15) is 0 Å². The van der Waals surface area contributed by atoms with Crippen molar-refractivity contribution in [2.24, 2.45) is 0 Å². The fourth-order valence-corrected chi connectivity index (χ4v) is 2.56. The number of rotatable bonds is 22. The topological polar surface area (TPSA) is 63.2 Å². The fourth-order valence-electron chi connectivity index (χ4n) is 2.56. The highest BCUT2D eigenvalue weighted by molar-refractivity contribution is 5.88. The Hall–Kier alpha value is -2.09. The normalized spacial score (nSPS) is 14.7. The van der Waals surface area contributed by atoms with Crippen molar-refractivity contribution < 1.29 is 28.5 Å². The summed E-state index contributed by atoms with van der Waals surface area (Å²) < 4.78 is 28.9. The molecule has 1 unspecified atom stereocenters. The summed E-state index contributed by atoms with van der Waals surface area (Å²) in [5.74, 6) is -0.288. The molecule has 0 aliphatic carbocycles. The van der Waals surface area contributed by atoms with Gasteiger partial charge < -0.3 is 23.7 Å².